The highest BCUT2D eigenvalue weighted by Crippen LogP contribution is 2.42. The van der Waals surface area contributed by atoms with E-state index in [-0.39, 0.29) is 16.6 Å². The molecule has 0 saturated heterocycles. The average molecular weight is 475 g/mol. The first kappa shape index (κ1) is 21.6. The van der Waals surface area contributed by atoms with Gasteiger partial charge in [0.15, 0.2) is 5.16 Å². The first-order valence-corrected chi connectivity index (χ1v) is 12.1. The van der Waals surface area contributed by atoms with E-state index in [9.17, 15) is 13.2 Å². The minimum atomic E-state index is -3.79. The van der Waals surface area contributed by atoms with E-state index in [0.29, 0.717) is 27.1 Å². The van der Waals surface area contributed by atoms with Crippen LogP contribution in [0.25, 0.3) is 11.3 Å². The smallest absolute Gasteiger partial charge is 0.267 e. The van der Waals surface area contributed by atoms with E-state index in [4.69, 9.17) is 11.6 Å². The summed E-state index contributed by atoms with van der Waals surface area (Å²) >= 11 is 7.20. The van der Waals surface area contributed by atoms with Gasteiger partial charge >= 0.3 is 0 Å². The maximum Gasteiger partial charge on any atom is 0.267 e. The third kappa shape index (κ3) is 4.00. The quantitative estimate of drug-likeness (QED) is 0.448. The molecule has 3 aromatic rings. The zero-order valence-electron chi connectivity index (χ0n) is 17.0. The highest BCUT2D eigenvalue weighted by atomic mass is 35.5. The minimum Gasteiger partial charge on any atom is -0.325 e. The summed E-state index contributed by atoms with van der Waals surface area (Å²) in [6.45, 7) is 3.93. The Labute approximate surface area is 189 Å². The Bertz CT molecular complexity index is 1310. The number of fused-ring (bicyclic) bond motifs is 3. The van der Waals surface area contributed by atoms with Crippen LogP contribution in [-0.4, -0.2) is 37.1 Å². The minimum absolute atomic E-state index is 0.0222. The van der Waals surface area contributed by atoms with E-state index in [2.05, 4.69) is 15.3 Å². The standard InChI is InChI=1S/C21H19ClN4O3S2/c1-12-5-4-6-16(13(12)2)24-19(27)11-30-21-23-10-18-20(25-21)15-8-7-14(22)9-17(15)26(3)31(18,28)29/h4-10H,11H2,1-3H3,(H,24,27). The van der Waals surface area contributed by atoms with Gasteiger partial charge in [0.2, 0.25) is 5.91 Å². The lowest BCUT2D eigenvalue weighted by Gasteiger charge is -2.28. The van der Waals surface area contributed by atoms with Crippen LogP contribution in [0.3, 0.4) is 0 Å². The molecule has 7 nitrogen and oxygen atoms in total. The van der Waals surface area contributed by atoms with Crippen molar-refractivity contribution in [1.82, 2.24) is 9.97 Å². The second kappa shape index (κ2) is 8.14. The summed E-state index contributed by atoms with van der Waals surface area (Å²) in [4.78, 5) is 21.0. The van der Waals surface area contributed by atoms with E-state index < -0.39 is 10.0 Å². The molecule has 2 aromatic carbocycles. The predicted octanol–water partition coefficient (Wildman–Crippen LogP) is 4.28. The van der Waals surface area contributed by atoms with Crippen LogP contribution in [0.2, 0.25) is 5.02 Å². The van der Waals surface area contributed by atoms with Gasteiger partial charge in [-0.2, -0.15) is 0 Å². The number of hydrogen-bond donors (Lipinski definition) is 1. The zero-order chi connectivity index (χ0) is 22.3. The lowest BCUT2D eigenvalue weighted by atomic mass is 10.1. The van der Waals surface area contributed by atoms with Gasteiger partial charge in [0.05, 0.1) is 23.3 Å². The van der Waals surface area contributed by atoms with Crippen molar-refractivity contribution in [3.8, 4) is 11.3 Å². The molecular formula is C21H19ClN4O3S2. The number of amides is 1. The predicted molar refractivity (Wildman–Crippen MR) is 123 cm³/mol. The van der Waals surface area contributed by atoms with Crippen molar-refractivity contribution in [1.29, 1.82) is 0 Å². The van der Waals surface area contributed by atoms with Gasteiger partial charge in [-0.05, 0) is 49.2 Å². The van der Waals surface area contributed by atoms with Crippen LogP contribution in [0.4, 0.5) is 11.4 Å². The van der Waals surface area contributed by atoms with E-state index in [1.165, 1.54) is 17.5 Å². The zero-order valence-corrected chi connectivity index (χ0v) is 19.4. The molecule has 0 radical (unpaired) electrons. The molecule has 1 aliphatic heterocycles. The number of sulfonamides is 1. The van der Waals surface area contributed by atoms with Crippen LogP contribution in [0.15, 0.2) is 52.6 Å². The third-order valence-corrected chi connectivity index (χ3v) is 8.01. The van der Waals surface area contributed by atoms with Gasteiger partial charge in [-0.15, -0.1) is 0 Å². The number of halogens is 1. The molecular weight excluding hydrogens is 456 g/mol. The second-order valence-corrected chi connectivity index (χ2v) is 10.4. The fraction of sp³-hybridized carbons (Fsp3) is 0.190. The van der Waals surface area contributed by atoms with Crippen molar-refractivity contribution in [2.75, 3.05) is 22.4 Å². The second-order valence-electron chi connectivity index (χ2n) is 7.08. The van der Waals surface area contributed by atoms with E-state index in [1.807, 2.05) is 32.0 Å². The number of nitrogens with zero attached hydrogens (tertiary/aromatic N) is 3. The summed E-state index contributed by atoms with van der Waals surface area (Å²) in [5.41, 5.74) is 4.25. The number of rotatable bonds is 4. The summed E-state index contributed by atoms with van der Waals surface area (Å²) in [6.07, 6.45) is 1.29. The number of benzene rings is 2. The molecule has 10 heteroatoms. The van der Waals surface area contributed by atoms with Crippen LogP contribution in [-0.2, 0) is 14.8 Å². The summed E-state index contributed by atoms with van der Waals surface area (Å²) in [6, 6.07) is 10.7. The Balaban J connectivity index is 1.59. The van der Waals surface area contributed by atoms with Crippen molar-refractivity contribution in [2.24, 2.45) is 0 Å². The number of carbonyl (C=O) groups is 1. The van der Waals surface area contributed by atoms with Gasteiger partial charge < -0.3 is 5.32 Å². The Morgan fingerprint density at radius 2 is 2.00 bits per heavy atom. The topological polar surface area (TPSA) is 92.3 Å². The molecule has 0 aliphatic carbocycles. The van der Waals surface area contributed by atoms with Gasteiger partial charge in [-0.1, -0.05) is 35.5 Å². The highest BCUT2D eigenvalue weighted by molar-refractivity contribution is 7.99. The van der Waals surface area contributed by atoms with Gasteiger partial charge in [0.25, 0.3) is 10.0 Å². The number of aryl methyl sites for hydroxylation is 1. The van der Waals surface area contributed by atoms with Gasteiger partial charge in [0.1, 0.15) is 4.90 Å². The van der Waals surface area contributed by atoms with E-state index >= 15 is 0 Å². The van der Waals surface area contributed by atoms with Crippen molar-refractivity contribution in [3.63, 3.8) is 0 Å². The largest absolute Gasteiger partial charge is 0.325 e. The fourth-order valence-corrected chi connectivity index (χ4v) is 5.32. The number of nitrogens with one attached hydrogen (secondary N) is 1. The Morgan fingerprint density at radius 3 is 2.77 bits per heavy atom. The summed E-state index contributed by atoms with van der Waals surface area (Å²) in [5.74, 6) is -0.105. The summed E-state index contributed by atoms with van der Waals surface area (Å²) < 4.78 is 26.9. The molecule has 0 saturated carbocycles. The molecule has 0 bridgehead atoms. The van der Waals surface area contributed by atoms with Gasteiger partial charge in [-0.3, -0.25) is 9.10 Å². The highest BCUT2D eigenvalue weighted by Gasteiger charge is 2.34. The maximum atomic E-state index is 12.8. The SMILES string of the molecule is Cc1cccc(NC(=O)CSc2ncc3c(n2)-c2ccc(Cl)cc2N(C)S3(=O)=O)c1C. The molecule has 0 fully saturated rings. The lowest BCUT2D eigenvalue weighted by molar-refractivity contribution is -0.113. The summed E-state index contributed by atoms with van der Waals surface area (Å²) in [5, 5.41) is 3.63. The molecule has 4 rings (SSSR count). The van der Waals surface area contributed by atoms with E-state index in [1.54, 1.807) is 18.2 Å². The molecule has 2 heterocycles. The number of anilines is 2. The van der Waals surface area contributed by atoms with Crippen LogP contribution in [0, 0.1) is 13.8 Å². The number of hydrogen-bond acceptors (Lipinski definition) is 6. The lowest BCUT2D eigenvalue weighted by Crippen LogP contribution is -2.31. The van der Waals surface area contributed by atoms with Crippen molar-refractivity contribution in [2.45, 2.75) is 23.9 Å². The number of carbonyl (C=O) groups excluding carboxylic acids is 1. The van der Waals surface area contributed by atoms with E-state index in [0.717, 1.165) is 28.6 Å². The molecule has 0 unspecified atom stereocenters. The molecule has 1 amide bonds. The molecule has 0 spiro atoms. The van der Waals surface area contributed by atoms with Crippen molar-refractivity contribution < 1.29 is 13.2 Å². The molecule has 160 valence electrons. The van der Waals surface area contributed by atoms with Crippen molar-refractivity contribution in [3.05, 3.63) is 58.7 Å². The molecule has 0 atom stereocenters. The first-order chi connectivity index (χ1) is 14.7. The van der Waals surface area contributed by atoms with Gasteiger partial charge in [-0.25, -0.2) is 18.4 Å². The summed E-state index contributed by atoms with van der Waals surface area (Å²) in [7, 11) is -2.32. The Kier molecular flexibility index (Phi) is 5.67. The Hall–Kier alpha value is -2.62. The first-order valence-electron chi connectivity index (χ1n) is 9.33. The molecule has 1 N–H and O–H groups in total. The van der Waals surface area contributed by atoms with Crippen LogP contribution < -0.4 is 9.62 Å². The van der Waals surface area contributed by atoms with Crippen LogP contribution in [0.1, 0.15) is 11.1 Å². The fourth-order valence-electron chi connectivity index (χ4n) is 3.25. The molecule has 31 heavy (non-hydrogen) atoms. The molecule has 1 aliphatic rings. The average Bonchev–Trinajstić information content (AvgIpc) is 2.74. The maximum absolute atomic E-state index is 12.8. The monoisotopic (exact) mass is 474 g/mol. The normalized spacial score (nSPS) is 14.0. The number of aromatic nitrogens is 2. The van der Waals surface area contributed by atoms with Crippen LogP contribution >= 0.6 is 23.4 Å². The Morgan fingerprint density at radius 1 is 1.23 bits per heavy atom. The number of thioether (sulfide) groups is 1. The third-order valence-electron chi connectivity index (χ3n) is 5.14. The van der Waals surface area contributed by atoms with Crippen LogP contribution in [0.5, 0.6) is 0 Å². The van der Waals surface area contributed by atoms with Gasteiger partial charge in [0, 0.05) is 23.3 Å². The molecule has 1 aromatic heterocycles. The van der Waals surface area contributed by atoms with Crippen molar-refractivity contribution >= 4 is 50.7 Å².